The number of nitrogens with one attached hydrogen (secondary N) is 1. The molecule has 0 unspecified atom stereocenters. The van der Waals surface area contributed by atoms with Crippen LogP contribution in [-0.2, 0) is 10.0 Å². The van der Waals surface area contributed by atoms with Gasteiger partial charge in [-0.2, -0.15) is 0 Å². The van der Waals surface area contributed by atoms with Gasteiger partial charge in [-0.3, -0.25) is 4.72 Å². The van der Waals surface area contributed by atoms with Crippen LogP contribution in [0.1, 0.15) is 0 Å². The summed E-state index contributed by atoms with van der Waals surface area (Å²) in [5.74, 6) is 0.922. The van der Waals surface area contributed by atoms with Gasteiger partial charge in [-0.25, -0.2) is 8.42 Å². The number of hydrogen-bond acceptors (Lipinski definition) is 5. The number of benzene rings is 2. The zero-order valence-corrected chi connectivity index (χ0v) is 12.2. The van der Waals surface area contributed by atoms with Crippen LogP contribution in [0.4, 0.5) is 11.4 Å². The predicted octanol–water partition coefficient (Wildman–Crippen LogP) is 2.45. The Bertz CT molecular complexity index is 808. The van der Waals surface area contributed by atoms with E-state index >= 15 is 0 Å². The first-order valence-electron chi connectivity index (χ1n) is 5.93. The molecule has 3 N–H and O–H groups in total. The monoisotopic (exact) mass is 326 g/mol. The summed E-state index contributed by atoms with van der Waals surface area (Å²) in [6, 6.07) is 8.94. The zero-order valence-electron chi connectivity index (χ0n) is 10.7. The summed E-state index contributed by atoms with van der Waals surface area (Å²) in [6.45, 7) is 0.0826. The van der Waals surface area contributed by atoms with Crippen molar-refractivity contribution in [2.24, 2.45) is 0 Å². The van der Waals surface area contributed by atoms with E-state index in [0.717, 1.165) is 0 Å². The highest BCUT2D eigenvalue weighted by Gasteiger charge is 2.20. The summed E-state index contributed by atoms with van der Waals surface area (Å²) >= 11 is 5.81. The summed E-state index contributed by atoms with van der Waals surface area (Å²) in [6.07, 6.45) is 0. The van der Waals surface area contributed by atoms with E-state index < -0.39 is 10.0 Å². The Balaban J connectivity index is 1.96. The molecule has 0 radical (unpaired) electrons. The minimum absolute atomic E-state index is 0.0482. The third-order valence-electron chi connectivity index (χ3n) is 2.90. The van der Waals surface area contributed by atoms with Gasteiger partial charge in [-0.05, 0) is 18.2 Å². The molecule has 1 aliphatic heterocycles. The second-order valence-electron chi connectivity index (χ2n) is 4.36. The van der Waals surface area contributed by atoms with E-state index in [-0.39, 0.29) is 23.1 Å². The number of nitrogen functional groups attached to an aromatic ring is 1. The molecular weight excluding hydrogens is 316 g/mol. The molecule has 1 aliphatic rings. The molecule has 0 spiro atoms. The van der Waals surface area contributed by atoms with Crippen LogP contribution in [0.25, 0.3) is 0 Å². The quantitative estimate of drug-likeness (QED) is 0.845. The van der Waals surface area contributed by atoms with Gasteiger partial charge in [0.25, 0.3) is 10.0 Å². The lowest BCUT2D eigenvalue weighted by Crippen LogP contribution is -2.14. The van der Waals surface area contributed by atoms with Crippen molar-refractivity contribution in [1.82, 2.24) is 0 Å². The zero-order chi connectivity index (χ0) is 15.0. The maximum Gasteiger partial charge on any atom is 0.262 e. The van der Waals surface area contributed by atoms with E-state index in [0.29, 0.717) is 16.5 Å². The van der Waals surface area contributed by atoms with Gasteiger partial charge in [-0.15, -0.1) is 0 Å². The SMILES string of the molecule is Nc1cc2c(cc1NS(=O)(=O)c1cccc(Cl)c1)OCO2. The van der Waals surface area contributed by atoms with Crippen LogP contribution in [-0.4, -0.2) is 15.2 Å². The number of sulfonamides is 1. The first-order chi connectivity index (χ1) is 9.95. The van der Waals surface area contributed by atoms with Gasteiger partial charge in [0.1, 0.15) is 0 Å². The maximum atomic E-state index is 12.3. The van der Waals surface area contributed by atoms with Gasteiger partial charge in [0.15, 0.2) is 11.5 Å². The number of rotatable bonds is 3. The molecule has 3 rings (SSSR count). The average Bonchev–Trinajstić information content (AvgIpc) is 2.86. The molecule has 0 aromatic heterocycles. The Labute approximate surface area is 126 Å². The molecule has 0 aliphatic carbocycles. The number of ether oxygens (including phenoxy) is 2. The largest absolute Gasteiger partial charge is 0.454 e. The van der Waals surface area contributed by atoms with E-state index in [1.165, 1.54) is 24.3 Å². The normalized spacial score (nSPS) is 13.2. The Morgan fingerprint density at radius 1 is 1.14 bits per heavy atom. The van der Waals surface area contributed by atoms with Crippen LogP contribution in [0.5, 0.6) is 11.5 Å². The lowest BCUT2D eigenvalue weighted by molar-refractivity contribution is 0.174. The van der Waals surface area contributed by atoms with Gasteiger partial charge in [0, 0.05) is 17.2 Å². The molecule has 2 aromatic rings. The van der Waals surface area contributed by atoms with E-state index in [4.69, 9.17) is 26.8 Å². The van der Waals surface area contributed by atoms with E-state index in [1.54, 1.807) is 12.1 Å². The smallest absolute Gasteiger partial charge is 0.262 e. The molecule has 1 heterocycles. The third-order valence-corrected chi connectivity index (χ3v) is 4.49. The summed E-state index contributed by atoms with van der Waals surface area (Å²) < 4.78 is 37.4. The molecule has 0 fully saturated rings. The summed E-state index contributed by atoms with van der Waals surface area (Å²) in [5, 5.41) is 0.330. The van der Waals surface area contributed by atoms with Crippen molar-refractivity contribution in [3.63, 3.8) is 0 Å². The molecule has 0 bridgehead atoms. The minimum Gasteiger partial charge on any atom is -0.454 e. The van der Waals surface area contributed by atoms with E-state index in [1.807, 2.05) is 0 Å². The summed E-state index contributed by atoms with van der Waals surface area (Å²) in [7, 11) is -3.79. The fraction of sp³-hybridized carbons (Fsp3) is 0.0769. The first kappa shape index (κ1) is 13.8. The van der Waals surface area contributed by atoms with Gasteiger partial charge in [0.2, 0.25) is 6.79 Å². The topological polar surface area (TPSA) is 90.7 Å². The highest BCUT2D eigenvalue weighted by Crippen LogP contribution is 2.39. The van der Waals surface area contributed by atoms with Crippen LogP contribution in [0.2, 0.25) is 5.02 Å². The number of fused-ring (bicyclic) bond motifs is 1. The Kier molecular flexibility index (Phi) is 3.30. The molecule has 2 aromatic carbocycles. The van der Waals surface area contributed by atoms with Crippen molar-refractivity contribution in [2.45, 2.75) is 4.90 Å². The third kappa shape index (κ3) is 2.70. The van der Waals surface area contributed by atoms with Crippen molar-refractivity contribution in [3.8, 4) is 11.5 Å². The number of hydrogen-bond donors (Lipinski definition) is 2. The highest BCUT2D eigenvalue weighted by molar-refractivity contribution is 7.92. The Morgan fingerprint density at radius 2 is 1.86 bits per heavy atom. The predicted molar refractivity (Wildman–Crippen MR) is 79.2 cm³/mol. The van der Waals surface area contributed by atoms with Gasteiger partial charge in [0.05, 0.1) is 16.3 Å². The lowest BCUT2D eigenvalue weighted by Gasteiger charge is -2.11. The Morgan fingerprint density at radius 3 is 2.57 bits per heavy atom. The lowest BCUT2D eigenvalue weighted by atomic mass is 10.2. The van der Waals surface area contributed by atoms with Gasteiger partial charge >= 0.3 is 0 Å². The number of anilines is 2. The molecule has 0 amide bonds. The second kappa shape index (κ2) is 5.01. The standard InChI is InChI=1S/C13H11ClN2O4S/c14-8-2-1-3-9(4-8)21(17,18)16-11-6-13-12(5-10(11)15)19-7-20-13/h1-6,16H,7,15H2. The van der Waals surface area contributed by atoms with E-state index in [9.17, 15) is 8.42 Å². The molecule has 0 saturated carbocycles. The Hall–Kier alpha value is -2.12. The molecular formula is C13H11ClN2O4S. The van der Waals surface area contributed by atoms with Crippen LogP contribution in [0.15, 0.2) is 41.3 Å². The number of nitrogens with two attached hydrogens (primary N) is 1. The maximum absolute atomic E-state index is 12.3. The molecule has 110 valence electrons. The summed E-state index contributed by atoms with van der Waals surface area (Å²) in [5.41, 5.74) is 6.28. The average molecular weight is 327 g/mol. The number of halogens is 1. The van der Waals surface area contributed by atoms with Crippen molar-refractivity contribution in [1.29, 1.82) is 0 Å². The first-order valence-corrected chi connectivity index (χ1v) is 7.79. The minimum atomic E-state index is -3.79. The van der Waals surface area contributed by atoms with Crippen molar-refractivity contribution < 1.29 is 17.9 Å². The fourth-order valence-corrected chi connectivity index (χ4v) is 3.26. The van der Waals surface area contributed by atoms with Crippen LogP contribution < -0.4 is 19.9 Å². The van der Waals surface area contributed by atoms with Gasteiger partial charge in [-0.1, -0.05) is 17.7 Å². The van der Waals surface area contributed by atoms with Crippen LogP contribution in [0.3, 0.4) is 0 Å². The molecule has 21 heavy (non-hydrogen) atoms. The fourth-order valence-electron chi connectivity index (χ4n) is 1.88. The van der Waals surface area contributed by atoms with Crippen molar-refractivity contribution >= 4 is 33.0 Å². The van der Waals surface area contributed by atoms with Crippen LogP contribution in [0, 0.1) is 0 Å². The van der Waals surface area contributed by atoms with Crippen molar-refractivity contribution in [3.05, 3.63) is 41.4 Å². The highest BCUT2D eigenvalue weighted by atomic mass is 35.5. The molecule has 8 heteroatoms. The van der Waals surface area contributed by atoms with Crippen LogP contribution >= 0.6 is 11.6 Å². The summed E-state index contributed by atoms with van der Waals surface area (Å²) in [4.78, 5) is 0.0482. The van der Waals surface area contributed by atoms with Crippen molar-refractivity contribution in [2.75, 3.05) is 17.2 Å². The second-order valence-corrected chi connectivity index (χ2v) is 6.47. The molecule has 0 saturated heterocycles. The van der Waals surface area contributed by atoms with E-state index in [2.05, 4.69) is 4.72 Å². The molecule has 6 nitrogen and oxygen atoms in total. The van der Waals surface area contributed by atoms with Gasteiger partial charge < -0.3 is 15.2 Å². The molecule has 0 atom stereocenters.